The van der Waals surface area contributed by atoms with Crippen molar-refractivity contribution in [2.24, 2.45) is 0 Å². The van der Waals surface area contributed by atoms with Crippen LogP contribution in [0.2, 0.25) is 0 Å². The molecule has 15 rings (SSSR count). The predicted octanol–water partition coefficient (Wildman–Crippen LogP) is 18.0. The van der Waals surface area contributed by atoms with Crippen LogP contribution in [-0.4, -0.2) is 0 Å². The summed E-state index contributed by atoms with van der Waals surface area (Å²) in [5, 5.41) is 15.3. The van der Waals surface area contributed by atoms with E-state index < -0.39 is 5.41 Å². The topological polar surface area (TPSA) is 0 Å². The third kappa shape index (κ3) is 4.97. The fourth-order valence-electron chi connectivity index (χ4n) is 12.6. The van der Waals surface area contributed by atoms with Gasteiger partial charge in [0.15, 0.2) is 0 Å². The van der Waals surface area contributed by atoms with Crippen molar-refractivity contribution in [1.29, 1.82) is 0 Å². The highest BCUT2D eigenvalue weighted by Gasteiger charge is 2.52. The largest absolute Gasteiger partial charge is 0.0725 e. The molecule has 0 nitrogen and oxygen atoms in total. The quantitative estimate of drug-likeness (QED) is 0.123. The van der Waals surface area contributed by atoms with Gasteiger partial charge in [-0.2, -0.15) is 0 Å². The molecule has 0 heterocycles. The monoisotopic (exact) mass is 844 g/mol. The van der Waals surface area contributed by atoms with Gasteiger partial charge < -0.3 is 0 Å². The molecule has 1 spiro atoms. The van der Waals surface area contributed by atoms with Crippen molar-refractivity contribution in [3.05, 3.63) is 265 Å². The van der Waals surface area contributed by atoms with Gasteiger partial charge in [-0.05, 0) is 167 Å². The summed E-state index contributed by atoms with van der Waals surface area (Å²) in [5.41, 5.74) is 17.9. The number of rotatable bonds is 3. The molecule has 308 valence electrons. The molecule has 0 saturated heterocycles. The minimum Gasteiger partial charge on any atom is -0.0619 e. The van der Waals surface area contributed by atoms with Crippen LogP contribution in [0, 0.1) is 0 Å². The molecular weight excluding hydrogens is 805 g/mol. The lowest BCUT2D eigenvalue weighted by Crippen LogP contribution is -2.25. The first-order chi connectivity index (χ1) is 33.2. The maximum Gasteiger partial charge on any atom is 0.0725 e. The zero-order valence-electron chi connectivity index (χ0n) is 36.6. The van der Waals surface area contributed by atoms with Gasteiger partial charge in [0.2, 0.25) is 0 Å². The summed E-state index contributed by atoms with van der Waals surface area (Å²) in [7, 11) is 0. The number of hydrogen-bond acceptors (Lipinski definition) is 0. The smallest absolute Gasteiger partial charge is 0.0619 e. The third-order valence-electron chi connectivity index (χ3n) is 15.4. The second-order valence-corrected chi connectivity index (χ2v) is 18.6. The van der Waals surface area contributed by atoms with Gasteiger partial charge in [0.1, 0.15) is 0 Å². The molecule has 0 unspecified atom stereocenters. The lowest BCUT2D eigenvalue weighted by atomic mass is 9.70. The molecule has 0 N–H and O–H groups in total. The Morgan fingerprint density at radius 2 is 0.687 bits per heavy atom. The summed E-state index contributed by atoms with van der Waals surface area (Å²) in [4.78, 5) is 0. The van der Waals surface area contributed by atoms with Gasteiger partial charge in [0.05, 0.1) is 5.41 Å². The Bertz CT molecular complexity index is 4160. The minimum atomic E-state index is -0.407. The van der Waals surface area contributed by atoms with E-state index in [1.54, 1.807) is 0 Å². The van der Waals surface area contributed by atoms with Crippen LogP contribution in [0.25, 0.3) is 120 Å². The van der Waals surface area contributed by atoms with Crippen LogP contribution in [0.4, 0.5) is 0 Å². The molecule has 67 heavy (non-hydrogen) atoms. The third-order valence-corrected chi connectivity index (χ3v) is 15.4. The van der Waals surface area contributed by atoms with Gasteiger partial charge in [-0.3, -0.25) is 0 Å². The van der Waals surface area contributed by atoms with Crippen molar-refractivity contribution >= 4 is 64.6 Å². The average Bonchev–Trinajstić information content (AvgIpc) is 3.86. The Hall–Kier alpha value is -8.58. The Morgan fingerprint density at radius 1 is 0.194 bits per heavy atom. The highest BCUT2D eigenvalue weighted by molar-refractivity contribution is 6.26. The maximum atomic E-state index is 2.52. The molecule has 0 atom stereocenters. The van der Waals surface area contributed by atoms with Crippen LogP contribution < -0.4 is 0 Å². The van der Waals surface area contributed by atoms with Crippen LogP contribution in [-0.2, 0) is 5.41 Å². The Kier molecular flexibility index (Phi) is 7.52. The van der Waals surface area contributed by atoms with Crippen LogP contribution in [0.5, 0.6) is 0 Å². The molecule has 2 aliphatic rings. The summed E-state index contributed by atoms with van der Waals surface area (Å²) in [5.74, 6) is 0. The number of fused-ring (bicyclic) bond motifs is 18. The molecule has 0 bridgehead atoms. The summed E-state index contributed by atoms with van der Waals surface area (Å²) in [6.07, 6.45) is 0. The second kappa shape index (κ2) is 13.7. The maximum absolute atomic E-state index is 2.52. The standard InChI is InChI=1S/C67H40/c1-4-18-49-42(15-1)35-36-62-66(49)59-38-45-34-33-44(37-47(45)40-63(59)67(62)60-27-13-11-21-52(60)53-22-12-14-28-61(53)67)41-29-31-43(32-30-41)64-54-23-7-9-25-56(54)65(57-26-10-8-24-55(57)64)58-39-46-16-2-3-17-48(46)50-19-5-6-20-51(50)58/h1-40H. The SMILES string of the molecule is c1ccc2c(c1)-c1ccccc1C21c2cc3cc(-c4ccc(-c5c6ccccc6c(-c6cc7ccccc7c7ccccc67)c6ccccc56)cc4)ccc3cc2-c2c1ccc1ccccc21. The Balaban J connectivity index is 0.898. The van der Waals surface area contributed by atoms with E-state index in [1.165, 1.54) is 143 Å². The van der Waals surface area contributed by atoms with Gasteiger partial charge in [0.25, 0.3) is 0 Å². The van der Waals surface area contributed by atoms with Crippen molar-refractivity contribution in [2.45, 2.75) is 5.41 Å². The van der Waals surface area contributed by atoms with E-state index in [0.717, 1.165) is 0 Å². The van der Waals surface area contributed by atoms with Crippen LogP contribution in [0.3, 0.4) is 0 Å². The minimum absolute atomic E-state index is 0.407. The molecule has 0 amide bonds. The van der Waals surface area contributed by atoms with E-state index in [1.807, 2.05) is 0 Å². The molecule has 0 heteroatoms. The molecular formula is C67H40. The van der Waals surface area contributed by atoms with E-state index in [0.29, 0.717) is 0 Å². The van der Waals surface area contributed by atoms with Gasteiger partial charge >= 0.3 is 0 Å². The molecule has 0 aromatic heterocycles. The zero-order valence-corrected chi connectivity index (χ0v) is 36.6. The van der Waals surface area contributed by atoms with Gasteiger partial charge in [-0.25, -0.2) is 0 Å². The molecule has 13 aromatic carbocycles. The van der Waals surface area contributed by atoms with E-state index in [-0.39, 0.29) is 0 Å². The predicted molar refractivity (Wildman–Crippen MR) is 284 cm³/mol. The van der Waals surface area contributed by atoms with Crippen LogP contribution in [0.1, 0.15) is 22.3 Å². The lowest BCUT2D eigenvalue weighted by Gasteiger charge is -2.30. The molecule has 13 aromatic rings. The second-order valence-electron chi connectivity index (χ2n) is 18.6. The van der Waals surface area contributed by atoms with Crippen LogP contribution in [0.15, 0.2) is 243 Å². The van der Waals surface area contributed by atoms with E-state index in [2.05, 4.69) is 243 Å². The number of hydrogen-bond donors (Lipinski definition) is 0. The van der Waals surface area contributed by atoms with E-state index >= 15 is 0 Å². The fraction of sp³-hybridized carbons (Fsp3) is 0.0149. The molecule has 2 aliphatic carbocycles. The molecule has 0 fully saturated rings. The molecule has 0 aliphatic heterocycles. The fourth-order valence-corrected chi connectivity index (χ4v) is 12.6. The summed E-state index contributed by atoms with van der Waals surface area (Å²) in [6.45, 7) is 0. The first-order valence-electron chi connectivity index (χ1n) is 23.5. The first kappa shape index (κ1) is 36.7. The normalized spacial score (nSPS) is 13.2. The molecule has 0 radical (unpaired) electrons. The summed E-state index contributed by atoms with van der Waals surface area (Å²) >= 11 is 0. The Labute approximate surface area is 388 Å². The van der Waals surface area contributed by atoms with Gasteiger partial charge in [-0.1, -0.05) is 218 Å². The van der Waals surface area contributed by atoms with E-state index in [4.69, 9.17) is 0 Å². The highest BCUT2D eigenvalue weighted by atomic mass is 14.5. The zero-order chi connectivity index (χ0) is 43.8. The lowest BCUT2D eigenvalue weighted by molar-refractivity contribution is 0.795. The molecule has 0 saturated carbocycles. The van der Waals surface area contributed by atoms with Crippen LogP contribution >= 0.6 is 0 Å². The number of benzene rings is 13. The van der Waals surface area contributed by atoms with Crippen molar-refractivity contribution in [1.82, 2.24) is 0 Å². The van der Waals surface area contributed by atoms with Crippen molar-refractivity contribution in [3.8, 4) is 55.6 Å². The van der Waals surface area contributed by atoms with Gasteiger partial charge in [0, 0.05) is 0 Å². The van der Waals surface area contributed by atoms with Crippen molar-refractivity contribution in [2.75, 3.05) is 0 Å². The highest BCUT2D eigenvalue weighted by Crippen LogP contribution is 2.64. The Morgan fingerprint density at radius 3 is 1.37 bits per heavy atom. The average molecular weight is 845 g/mol. The first-order valence-corrected chi connectivity index (χ1v) is 23.5. The van der Waals surface area contributed by atoms with Crippen molar-refractivity contribution < 1.29 is 0 Å². The summed E-state index contributed by atoms with van der Waals surface area (Å²) in [6, 6.07) is 91.4. The van der Waals surface area contributed by atoms with Gasteiger partial charge in [-0.15, -0.1) is 0 Å². The summed E-state index contributed by atoms with van der Waals surface area (Å²) < 4.78 is 0. The van der Waals surface area contributed by atoms with E-state index in [9.17, 15) is 0 Å². The van der Waals surface area contributed by atoms with Crippen molar-refractivity contribution in [3.63, 3.8) is 0 Å².